The molecule has 0 spiro atoms. The molecule has 0 fully saturated rings. The largest absolute Gasteiger partial charge is 0.497 e. The van der Waals surface area contributed by atoms with Crippen LogP contribution in [0.1, 0.15) is 11.1 Å². The summed E-state index contributed by atoms with van der Waals surface area (Å²) in [5, 5.41) is 0. The Kier molecular flexibility index (Phi) is 2.23. The Bertz CT molecular complexity index is 245. The summed E-state index contributed by atoms with van der Waals surface area (Å²) in [5.41, 5.74) is 3.94. The SMILES string of the molecule is Bc1c(C)cc(OC)cc1C. The van der Waals surface area contributed by atoms with Gasteiger partial charge in [-0.3, -0.25) is 0 Å². The highest BCUT2D eigenvalue weighted by Crippen LogP contribution is 2.12. The van der Waals surface area contributed by atoms with Crippen molar-refractivity contribution in [1.29, 1.82) is 0 Å². The monoisotopic (exact) mass is 148 g/mol. The third-order valence-electron chi connectivity index (χ3n) is 2.14. The molecule has 1 aromatic carbocycles. The number of ether oxygens (including phenoxy) is 1. The van der Waals surface area contributed by atoms with Crippen molar-refractivity contribution in [2.24, 2.45) is 0 Å². The second-order valence-electron chi connectivity index (χ2n) is 2.89. The van der Waals surface area contributed by atoms with E-state index in [0.717, 1.165) is 5.75 Å². The summed E-state index contributed by atoms with van der Waals surface area (Å²) in [7, 11) is 3.83. The van der Waals surface area contributed by atoms with Crippen molar-refractivity contribution in [3.63, 3.8) is 0 Å². The standard InChI is InChI=1S/C9H13BO/c1-6-4-8(11-3)5-7(2)9(6)10/h4-5H,10H2,1-3H3. The molecule has 2 heteroatoms. The maximum atomic E-state index is 5.13. The number of hydrogen-bond donors (Lipinski definition) is 0. The van der Waals surface area contributed by atoms with E-state index in [1.165, 1.54) is 16.6 Å². The first-order valence-electron chi connectivity index (χ1n) is 3.77. The summed E-state index contributed by atoms with van der Waals surface area (Å²) in [6.07, 6.45) is 0. The molecule has 0 saturated heterocycles. The molecule has 0 aliphatic carbocycles. The van der Waals surface area contributed by atoms with Gasteiger partial charge in [0.15, 0.2) is 0 Å². The van der Waals surface area contributed by atoms with Gasteiger partial charge in [0.2, 0.25) is 0 Å². The molecule has 0 aliphatic heterocycles. The zero-order chi connectivity index (χ0) is 8.43. The first-order valence-corrected chi connectivity index (χ1v) is 3.77. The van der Waals surface area contributed by atoms with Gasteiger partial charge in [0.25, 0.3) is 0 Å². The minimum atomic E-state index is 0.950. The number of benzene rings is 1. The average Bonchev–Trinajstić information content (AvgIpc) is 1.99. The second kappa shape index (κ2) is 2.99. The van der Waals surface area contributed by atoms with E-state index in [9.17, 15) is 0 Å². The molecule has 1 rings (SSSR count). The molecule has 0 bridgehead atoms. The van der Waals surface area contributed by atoms with E-state index < -0.39 is 0 Å². The van der Waals surface area contributed by atoms with Crippen molar-refractivity contribution in [3.8, 4) is 5.75 Å². The molecule has 0 aromatic heterocycles. The maximum Gasteiger partial charge on any atom is 0.139 e. The van der Waals surface area contributed by atoms with E-state index in [4.69, 9.17) is 4.74 Å². The summed E-state index contributed by atoms with van der Waals surface area (Å²) < 4.78 is 5.13. The van der Waals surface area contributed by atoms with Crippen LogP contribution < -0.4 is 10.2 Å². The molecular formula is C9H13BO. The molecule has 0 N–H and O–H groups in total. The highest BCUT2D eigenvalue weighted by molar-refractivity contribution is 6.34. The van der Waals surface area contributed by atoms with E-state index in [0.29, 0.717) is 0 Å². The van der Waals surface area contributed by atoms with Gasteiger partial charge in [0.1, 0.15) is 13.6 Å². The molecule has 0 amide bonds. The van der Waals surface area contributed by atoms with Gasteiger partial charge in [-0.2, -0.15) is 0 Å². The second-order valence-corrected chi connectivity index (χ2v) is 2.89. The van der Waals surface area contributed by atoms with Crippen molar-refractivity contribution in [1.82, 2.24) is 0 Å². The van der Waals surface area contributed by atoms with Gasteiger partial charge < -0.3 is 4.74 Å². The quantitative estimate of drug-likeness (QED) is 0.529. The minimum absolute atomic E-state index is 0.950. The van der Waals surface area contributed by atoms with Gasteiger partial charge in [0, 0.05) is 0 Å². The number of rotatable bonds is 1. The van der Waals surface area contributed by atoms with Crippen molar-refractivity contribution in [2.75, 3.05) is 7.11 Å². The molecule has 58 valence electrons. The first-order chi connectivity index (χ1) is 5.15. The van der Waals surface area contributed by atoms with Gasteiger partial charge in [0.05, 0.1) is 7.11 Å². The van der Waals surface area contributed by atoms with Gasteiger partial charge in [-0.25, -0.2) is 0 Å². The van der Waals surface area contributed by atoms with Crippen LogP contribution in [0, 0.1) is 13.8 Å². The predicted molar refractivity (Wildman–Crippen MR) is 50.6 cm³/mol. The Hall–Kier alpha value is -0.915. The van der Waals surface area contributed by atoms with Gasteiger partial charge in [-0.15, -0.1) is 0 Å². The Morgan fingerprint density at radius 3 is 2.00 bits per heavy atom. The lowest BCUT2D eigenvalue weighted by atomic mass is 9.87. The van der Waals surface area contributed by atoms with Crippen LogP contribution in [0.15, 0.2) is 12.1 Å². The average molecular weight is 148 g/mol. The summed E-state index contributed by atoms with van der Waals surface area (Å²) in [4.78, 5) is 0. The lowest BCUT2D eigenvalue weighted by Crippen LogP contribution is -2.11. The van der Waals surface area contributed by atoms with E-state index in [1.807, 2.05) is 0 Å². The molecule has 0 unspecified atom stereocenters. The Balaban J connectivity index is 3.21. The smallest absolute Gasteiger partial charge is 0.139 e. The highest BCUT2D eigenvalue weighted by atomic mass is 16.5. The number of aryl methyl sites for hydroxylation is 2. The Morgan fingerprint density at radius 2 is 1.64 bits per heavy atom. The molecule has 1 aromatic rings. The Morgan fingerprint density at radius 1 is 1.18 bits per heavy atom. The molecule has 0 heterocycles. The zero-order valence-corrected chi connectivity index (χ0v) is 7.56. The van der Waals surface area contributed by atoms with Gasteiger partial charge in [-0.05, 0) is 26.0 Å². The first kappa shape index (κ1) is 8.18. The van der Waals surface area contributed by atoms with Crippen molar-refractivity contribution < 1.29 is 4.74 Å². The van der Waals surface area contributed by atoms with E-state index in [2.05, 4.69) is 33.8 Å². The summed E-state index contributed by atoms with van der Waals surface area (Å²) >= 11 is 0. The van der Waals surface area contributed by atoms with Crippen molar-refractivity contribution in [3.05, 3.63) is 23.3 Å². The topological polar surface area (TPSA) is 9.23 Å². The van der Waals surface area contributed by atoms with Crippen LogP contribution in [0.4, 0.5) is 0 Å². The molecule has 0 atom stereocenters. The third-order valence-corrected chi connectivity index (χ3v) is 2.14. The van der Waals surface area contributed by atoms with Crippen LogP contribution in [0.25, 0.3) is 0 Å². The molecular weight excluding hydrogens is 135 g/mol. The van der Waals surface area contributed by atoms with E-state index >= 15 is 0 Å². The summed E-state index contributed by atoms with van der Waals surface area (Å²) in [6.45, 7) is 4.20. The van der Waals surface area contributed by atoms with E-state index in [1.54, 1.807) is 7.11 Å². The van der Waals surface area contributed by atoms with Crippen molar-refractivity contribution >= 4 is 13.3 Å². The molecule has 0 saturated carbocycles. The maximum absolute atomic E-state index is 5.13. The van der Waals surface area contributed by atoms with E-state index in [-0.39, 0.29) is 0 Å². The zero-order valence-electron chi connectivity index (χ0n) is 7.56. The summed E-state index contributed by atoms with van der Waals surface area (Å²) in [6, 6.07) is 4.12. The van der Waals surface area contributed by atoms with Crippen LogP contribution in [-0.2, 0) is 0 Å². The molecule has 0 aliphatic rings. The fourth-order valence-corrected chi connectivity index (χ4v) is 1.11. The lowest BCUT2D eigenvalue weighted by molar-refractivity contribution is 0.414. The predicted octanol–water partition coefficient (Wildman–Crippen LogP) is 0.570. The van der Waals surface area contributed by atoms with Gasteiger partial charge >= 0.3 is 0 Å². The van der Waals surface area contributed by atoms with Crippen LogP contribution in [-0.4, -0.2) is 15.0 Å². The molecule has 11 heavy (non-hydrogen) atoms. The lowest BCUT2D eigenvalue weighted by Gasteiger charge is -2.07. The Labute approximate surface area is 68.8 Å². The number of hydrogen-bond acceptors (Lipinski definition) is 1. The van der Waals surface area contributed by atoms with Crippen molar-refractivity contribution in [2.45, 2.75) is 13.8 Å². The number of methoxy groups -OCH3 is 1. The fourth-order valence-electron chi connectivity index (χ4n) is 1.11. The molecule has 0 radical (unpaired) electrons. The summed E-state index contributed by atoms with van der Waals surface area (Å²) in [5.74, 6) is 0.950. The normalized spacial score (nSPS) is 9.73. The van der Waals surface area contributed by atoms with Crippen LogP contribution in [0.3, 0.4) is 0 Å². The van der Waals surface area contributed by atoms with Crippen LogP contribution in [0.2, 0.25) is 0 Å². The highest BCUT2D eigenvalue weighted by Gasteiger charge is 1.99. The fraction of sp³-hybridized carbons (Fsp3) is 0.333. The minimum Gasteiger partial charge on any atom is -0.497 e. The van der Waals surface area contributed by atoms with Gasteiger partial charge in [-0.1, -0.05) is 16.6 Å². The van der Waals surface area contributed by atoms with Crippen LogP contribution in [0.5, 0.6) is 5.75 Å². The molecule has 1 nitrogen and oxygen atoms in total. The van der Waals surface area contributed by atoms with Crippen LogP contribution >= 0.6 is 0 Å². The third kappa shape index (κ3) is 1.56.